The summed E-state index contributed by atoms with van der Waals surface area (Å²) in [6, 6.07) is 6.27. The van der Waals surface area contributed by atoms with Gasteiger partial charge in [-0.05, 0) is 60.8 Å². The van der Waals surface area contributed by atoms with Crippen LogP contribution in [0.3, 0.4) is 0 Å². The van der Waals surface area contributed by atoms with Crippen LogP contribution in [0.15, 0.2) is 22.7 Å². The molecule has 20 heavy (non-hydrogen) atoms. The summed E-state index contributed by atoms with van der Waals surface area (Å²) in [6.45, 7) is 6.61. The Bertz CT molecular complexity index is 576. The molecule has 2 aromatic rings. The van der Waals surface area contributed by atoms with E-state index in [-0.39, 0.29) is 6.04 Å². The molecule has 0 aliphatic rings. The largest absolute Gasteiger partial charge is 0.485 e. The van der Waals surface area contributed by atoms with Crippen molar-refractivity contribution in [3.05, 3.63) is 43.8 Å². The molecule has 0 saturated heterocycles. The average molecular weight is 355 g/mol. The lowest BCUT2D eigenvalue weighted by atomic mass is 10.1. The van der Waals surface area contributed by atoms with Crippen molar-refractivity contribution in [1.82, 2.24) is 4.98 Å². The Morgan fingerprint density at radius 1 is 1.40 bits per heavy atom. The van der Waals surface area contributed by atoms with E-state index in [0.29, 0.717) is 6.61 Å². The Hall–Kier alpha value is -0.910. The third-order valence-corrected chi connectivity index (χ3v) is 4.64. The van der Waals surface area contributed by atoms with Crippen LogP contribution in [-0.2, 0) is 13.0 Å². The lowest BCUT2D eigenvalue weighted by Gasteiger charge is -2.10. The van der Waals surface area contributed by atoms with Crippen molar-refractivity contribution in [1.29, 1.82) is 0 Å². The minimum Gasteiger partial charge on any atom is -0.485 e. The van der Waals surface area contributed by atoms with Gasteiger partial charge in [0.15, 0.2) is 0 Å². The van der Waals surface area contributed by atoms with E-state index in [1.54, 1.807) is 11.3 Å². The Kier molecular flexibility index (Phi) is 5.18. The molecule has 1 heterocycles. The normalized spacial score (nSPS) is 12.4. The Morgan fingerprint density at radius 2 is 2.15 bits per heavy atom. The third-order valence-electron chi connectivity index (χ3n) is 2.98. The molecule has 0 fully saturated rings. The first kappa shape index (κ1) is 15.5. The number of thiazole rings is 1. The highest BCUT2D eigenvalue weighted by Gasteiger charge is 2.07. The lowest BCUT2D eigenvalue weighted by Crippen LogP contribution is -2.17. The third kappa shape index (κ3) is 4.04. The SMILES string of the molecule is Cc1nc(COc2ccc(CC(C)N)cc2Br)sc1C. The molecule has 0 radical (unpaired) electrons. The van der Waals surface area contributed by atoms with Crippen LogP contribution in [0.1, 0.15) is 28.1 Å². The Labute approximate surface area is 132 Å². The van der Waals surface area contributed by atoms with E-state index in [9.17, 15) is 0 Å². The summed E-state index contributed by atoms with van der Waals surface area (Å²) in [5, 5.41) is 1.01. The molecular weight excluding hydrogens is 336 g/mol. The van der Waals surface area contributed by atoms with Gasteiger partial charge < -0.3 is 10.5 Å². The molecule has 2 rings (SSSR count). The van der Waals surface area contributed by atoms with Gasteiger partial charge in [-0.25, -0.2) is 4.98 Å². The van der Waals surface area contributed by atoms with Gasteiger partial charge in [0.2, 0.25) is 0 Å². The van der Waals surface area contributed by atoms with Crippen molar-refractivity contribution in [3.8, 4) is 5.75 Å². The van der Waals surface area contributed by atoms with Crippen LogP contribution in [-0.4, -0.2) is 11.0 Å². The summed E-state index contributed by atoms with van der Waals surface area (Å²) in [7, 11) is 0. The molecule has 2 N–H and O–H groups in total. The highest BCUT2D eigenvalue weighted by Crippen LogP contribution is 2.28. The van der Waals surface area contributed by atoms with Gasteiger partial charge in [0.05, 0.1) is 10.2 Å². The predicted octanol–water partition coefficient (Wildman–Crippen LogP) is 3.99. The maximum atomic E-state index is 5.82. The standard InChI is InChI=1S/C15H19BrN2OS/c1-9(17)6-12-4-5-14(13(16)7-12)19-8-15-18-10(2)11(3)20-15/h4-5,7,9H,6,8,17H2,1-3H3. The Balaban J connectivity index is 2.02. The second-order valence-electron chi connectivity index (χ2n) is 4.98. The van der Waals surface area contributed by atoms with Gasteiger partial charge in [0, 0.05) is 10.9 Å². The molecule has 108 valence electrons. The second-order valence-corrected chi connectivity index (χ2v) is 7.13. The quantitative estimate of drug-likeness (QED) is 0.882. The minimum atomic E-state index is 0.162. The number of aromatic nitrogens is 1. The van der Waals surface area contributed by atoms with Gasteiger partial charge in [-0.15, -0.1) is 11.3 Å². The number of halogens is 1. The van der Waals surface area contributed by atoms with Crippen molar-refractivity contribution in [2.24, 2.45) is 5.73 Å². The first-order valence-electron chi connectivity index (χ1n) is 6.55. The highest BCUT2D eigenvalue weighted by atomic mass is 79.9. The van der Waals surface area contributed by atoms with Crippen molar-refractivity contribution in [2.45, 2.75) is 39.8 Å². The first-order chi connectivity index (χ1) is 9.45. The van der Waals surface area contributed by atoms with E-state index in [2.05, 4.69) is 40.0 Å². The number of ether oxygens (including phenoxy) is 1. The highest BCUT2D eigenvalue weighted by molar-refractivity contribution is 9.10. The maximum absolute atomic E-state index is 5.82. The molecule has 1 atom stereocenters. The number of rotatable bonds is 5. The summed E-state index contributed by atoms with van der Waals surface area (Å²) < 4.78 is 6.78. The molecule has 3 nitrogen and oxygen atoms in total. The summed E-state index contributed by atoms with van der Waals surface area (Å²) in [5.74, 6) is 0.837. The summed E-state index contributed by atoms with van der Waals surface area (Å²) in [4.78, 5) is 5.72. The fraction of sp³-hybridized carbons (Fsp3) is 0.400. The molecular formula is C15H19BrN2OS. The zero-order valence-corrected chi connectivity index (χ0v) is 14.3. The molecule has 0 aliphatic heterocycles. The first-order valence-corrected chi connectivity index (χ1v) is 8.16. The van der Waals surface area contributed by atoms with Crippen molar-refractivity contribution in [2.75, 3.05) is 0 Å². The molecule has 1 unspecified atom stereocenters. The lowest BCUT2D eigenvalue weighted by molar-refractivity contribution is 0.303. The summed E-state index contributed by atoms with van der Waals surface area (Å²) in [5.41, 5.74) is 8.10. The van der Waals surface area contributed by atoms with Crippen LogP contribution in [0.25, 0.3) is 0 Å². The topological polar surface area (TPSA) is 48.1 Å². The van der Waals surface area contributed by atoms with Gasteiger partial charge in [-0.1, -0.05) is 6.07 Å². The number of aryl methyl sites for hydroxylation is 2. The molecule has 0 bridgehead atoms. The van der Waals surface area contributed by atoms with E-state index in [4.69, 9.17) is 10.5 Å². The number of hydrogen-bond acceptors (Lipinski definition) is 4. The molecule has 5 heteroatoms. The fourth-order valence-electron chi connectivity index (χ4n) is 1.90. The van der Waals surface area contributed by atoms with Gasteiger partial charge in [0.25, 0.3) is 0 Å². The number of nitrogens with two attached hydrogens (primary N) is 1. The number of hydrogen-bond donors (Lipinski definition) is 1. The zero-order valence-electron chi connectivity index (χ0n) is 11.9. The molecule has 1 aromatic heterocycles. The van der Waals surface area contributed by atoms with Gasteiger partial charge >= 0.3 is 0 Å². The van der Waals surface area contributed by atoms with Crippen molar-refractivity contribution < 1.29 is 4.74 Å². The predicted molar refractivity (Wildman–Crippen MR) is 87.4 cm³/mol. The maximum Gasteiger partial charge on any atom is 0.140 e. The van der Waals surface area contributed by atoms with Crippen molar-refractivity contribution in [3.63, 3.8) is 0 Å². The summed E-state index contributed by atoms with van der Waals surface area (Å²) in [6.07, 6.45) is 0.865. The average Bonchev–Trinajstić information content (AvgIpc) is 2.67. The molecule has 0 aliphatic carbocycles. The van der Waals surface area contributed by atoms with Crippen LogP contribution in [0.4, 0.5) is 0 Å². The molecule has 0 amide bonds. The number of benzene rings is 1. The number of nitrogens with zero attached hydrogens (tertiary/aromatic N) is 1. The van der Waals surface area contributed by atoms with Crippen LogP contribution in [0.2, 0.25) is 0 Å². The van der Waals surface area contributed by atoms with Gasteiger partial charge in [0.1, 0.15) is 17.4 Å². The monoisotopic (exact) mass is 354 g/mol. The van der Waals surface area contributed by atoms with E-state index in [1.807, 2.05) is 19.9 Å². The minimum absolute atomic E-state index is 0.162. The van der Waals surface area contributed by atoms with Gasteiger partial charge in [-0.2, -0.15) is 0 Å². The second kappa shape index (κ2) is 6.70. The van der Waals surface area contributed by atoms with E-state index in [1.165, 1.54) is 10.4 Å². The van der Waals surface area contributed by atoms with Gasteiger partial charge in [-0.3, -0.25) is 0 Å². The molecule has 0 saturated carbocycles. The summed E-state index contributed by atoms with van der Waals surface area (Å²) >= 11 is 5.23. The molecule has 1 aromatic carbocycles. The fourth-order valence-corrected chi connectivity index (χ4v) is 3.29. The van der Waals surface area contributed by atoms with Crippen LogP contribution in [0.5, 0.6) is 5.75 Å². The van der Waals surface area contributed by atoms with E-state index in [0.717, 1.165) is 27.3 Å². The molecule has 0 spiro atoms. The van der Waals surface area contributed by atoms with E-state index >= 15 is 0 Å². The smallest absolute Gasteiger partial charge is 0.140 e. The Morgan fingerprint density at radius 3 is 2.70 bits per heavy atom. The van der Waals surface area contributed by atoms with Crippen LogP contribution in [0, 0.1) is 13.8 Å². The van der Waals surface area contributed by atoms with Crippen molar-refractivity contribution >= 4 is 27.3 Å². The van der Waals surface area contributed by atoms with Crippen LogP contribution >= 0.6 is 27.3 Å². The zero-order chi connectivity index (χ0) is 14.7. The van der Waals surface area contributed by atoms with Crippen LogP contribution < -0.4 is 10.5 Å². The van der Waals surface area contributed by atoms with E-state index < -0.39 is 0 Å².